The molecule has 0 bridgehead atoms. The van der Waals surface area contributed by atoms with E-state index in [4.69, 9.17) is 5.11 Å². The van der Waals surface area contributed by atoms with Gasteiger partial charge in [-0.1, -0.05) is 34.6 Å². The Morgan fingerprint density at radius 2 is 1.72 bits per heavy atom. The molecule has 3 nitrogen and oxygen atoms in total. The third-order valence-corrected chi connectivity index (χ3v) is 3.41. The molecular weight excluding hydrogens is 224 g/mol. The molecular formula is C15H34N2O. The average Bonchev–Trinajstić information content (AvgIpc) is 2.30. The maximum atomic E-state index is 8.93. The lowest BCUT2D eigenvalue weighted by Gasteiger charge is -2.40. The quantitative estimate of drug-likeness (QED) is 0.839. The highest BCUT2D eigenvalue weighted by Gasteiger charge is 2.24. The van der Waals surface area contributed by atoms with Crippen LogP contribution in [0.25, 0.3) is 0 Å². The standard InChI is InChI=1S/C13H28N2O.C2H6/c1-12-11-14(9-10-16)7-8-15(12)6-5-13(2,3)4;1-2/h12,16H,5-11H2,1-4H3;1-2H3/t12-;/m0./s1. The summed E-state index contributed by atoms with van der Waals surface area (Å²) in [5.74, 6) is 0. The van der Waals surface area contributed by atoms with E-state index in [2.05, 4.69) is 37.5 Å². The summed E-state index contributed by atoms with van der Waals surface area (Å²) in [6.45, 7) is 18.9. The van der Waals surface area contributed by atoms with Gasteiger partial charge in [-0.05, 0) is 25.3 Å². The topological polar surface area (TPSA) is 26.7 Å². The Labute approximate surface area is 114 Å². The molecule has 0 aromatic heterocycles. The third-order valence-electron chi connectivity index (χ3n) is 3.41. The zero-order valence-electron chi connectivity index (χ0n) is 13.4. The molecule has 1 atom stereocenters. The van der Waals surface area contributed by atoms with E-state index in [1.165, 1.54) is 13.0 Å². The van der Waals surface area contributed by atoms with Gasteiger partial charge in [-0.15, -0.1) is 0 Å². The van der Waals surface area contributed by atoms with Crippen molar-refractivity contribution in [3.8, 4) is 0 Å². The van der Waals surface area contributed by atoms with Crippen LogP contribution in [0.2, 0.25) is 0 Å². The summed E-state index contributed by atoms with van der Waals surface area (Å²) >= 11 is 0. The lowest BCUT2D eigenvalue weighted by Crippen LogP contribution is -2.52. The van der Waals surface area contributed by atoms with Crippen LogP contribution in [0.3, 0.4) is 0 Å². The summed E-state index contributed by atoms with van der Waals surface area (Å²) in [5.41, 5.74) is 0.432. The van der Waals surface area contributed by atoms with Crippen molar-refractivity contribution >= 4 is 0 Å². The van der Waals surface area contributed by atoms with E-state index in [0.717, 1.165) is 26.2 Å². The first-order valence-electron chi connectivity index (χ1n) is 7.49. The third kappa shape index (κ3) is 7.34. The van der Waals surface area contributed by atoms with Crippen LogP contribution in [0.1, 0.15) is 48.0 Å². The molecule has 1 heterocycles. The fourth-order valence-electron chi connectivity index (χ4n) is 2.23. The number of hydrogen-bond acceptors (Lipinski definition) is 3. The lowest BCUT2D eigenvalue weighted by molar-refractivity contribution is 0.0642. The molecule has 0 saturated carbocycles. The normalized spacial score (nSPS) is 22.5. The van der Waals surface area contributed by atoms with Crippen molar-refractivity contribution in [3.63, 3.8) is 0 Å². The summed E-state index contributed by atoms with van der Waals surface area (Å²) in [6.07, 6.45) is 1.26. The molecule has 0 radical (unpaired) electrons. The van der Waals surface area contributed by atoms with Gasteiger partial charge in [0, 0.05) is 32.2 Å². The second-order valence-corrected chi connectivity index (χ2v) is 6.22. The Morgan fingerprint density at radius 1 is 1.11 bits per heavy atom. The molecule has 0 aliphatic carbocycles. The molecule has 0 amide bonds. The number of nitrogens with zero attached hydrogens (tertiary/aromatic N) is 2. The highest BCUT2D eigenvalue weighted by Crippen LogP contribution is 2.20. The molecule has 1 aliphatic heterocycles. The first-order chi connectivity index (χ1) is 8.42. The second-order valence-electron chi connectivity index (χ2n) is 6.22. The van der Waals surface area contributed by atoms with Crippen LogP contribution in [0.4, 0.5) is 0 Å². The van der Waals surface area contributed by atoms with E-state index in [1.807, 2.05) is 13.8 Å². The van der Waals surface area contributed by atoms with Crippen molar-refractivity contribution in [2.45, 2.75) is 54.0 Å². The summed E-state index contributed by atoms with van der Waals surface area (Å²) in [7, 11) is 0. The lowest BCUT2D eigenvalue weighted by atomic mass is 9.92. The molecule has 1 rings (SSSR count). The molecule has 0 aromatic rings. The molecule has 3 heteroatoms. The van der Waals surface area contributed by atoms with Crippen LogP contribution in [0.15, 0.2) is 0 Å². The van der Waals surface area contributed by atoms with Crippen LogP contribution in [0.5, 0.6) is 0 Å². The minimum absolute atomic E-state index is 0.286. The van der Waals surface area contributed by atoms with Gasteiger partial charge in [0.1, 0.15) is 0 Å². The number of hydrogen-bond donors (Lipinski definition) is 1. The minimum Gasteiger partial charge on any atom is -0.395 e. The summed E-state index contributed by atoms with van der Waals surface area (Å²) in [4.78, 5) is 4.94. The molecule has 1 aliphatic rings. The first kappa shape index (κ1) is 17.9. The molecule has 1 N–H and O–H groups in total. The highest BCUT2D eigenvalue weighted by atomic mass is 16.3. The Morgan fingerprint density at radius 3 is 2.17 bits per heavy atom. The summed E-state index contributed by atoms with van der Waals surface area (Å²) < 4.78 is 0. The van der Waals surface area contributed by atoms with Gasteiger partial charge in [-0.25, -0.2) is 0 Å². The predicted octanol–water partition coefficient (Wildman–Crippen LogP) is 2.45. The first-order valence-corrected chi connectivity index (χ1v) is 7.49. The maximum absolute atomic E-state index is 8.93. The summed E-state index contributed by atoms with van der Waals surface area (Å²) in [6, 6.07) is 0.627. The molecule has 0 spiro atoms. The fraction of sp³-hybridized carbons (Fsp3) is 1.00. The van der Waals surface area contributed by atoms with E-state index in [-0.39, 0.29) is 6.61 Å². The van der Waals surface area contributed by atoms with Gasteiger partial charge in [0.25, 0.3) is 0 Å². The number of piperazine rings is 1. The van der Waals surface area contributed by atoms with Crippen molar-refractivity contribution in [1.29, 1.82) is 0 Å². The second kappa shape index (κ2) is 8.89. The predicted molar refractivity (Wildman–Crippen MR) is 80.0 cm³/mol. The van der Waals surface area contributed by atoms with Crippen LogP contribution in [0, 0.1) is 5.41 Å². The van der Waals surface area contributed by atoms with Gasteiger partial charge in [0.15, 0.2) is 0 Å². The number of β-amino-alcohol motifs (C(OH)–C–C–N with tert-alkyl or cyclic N) is 1. The molecule has 18 heavy (non-hydrogen) atoms. The minimum atomic E-state index is 0.286. The van der Waals surface area contributed by atoms with Gasteiger partial charge < -0.3 is 5.11 Å². The van der Waals surface area contributed by atoms with Crippen LogP contribution in [-0.2, 0) is 0 Å². The van der Waals surface area contributed by atoms with Crippen molar-refractivity contribution in [3.05, 3.63) is 0 Å². The number of rotatable bonds is 4. The van der Waals surface area contributed by atoms with E-state index in [0.29, 0.717) is 11.5 Å². The average molecular weight is 258 g/mol. The van der Waals surface area contributed by atoms with Gasteiger partial charge in [0.2, 0.25) is 0 Å². The SMILES string of the molecule is CC.C[C@H]1CN(CCO)CCN1CCC(C)(C)C. The smallest absolute Gasteiger partial charge is 0.0558 e. The zero-order chi connectivity index (χ0) is 14.2. The molecule has 0 aromatic carbocycles. The van der Waals surface area contributed by atoms with Crippen LogP contribution in [-0.4, -0.2) is 60.3 Å². The van der Waals surface area contributed by atoms with Crippen molar-refractivity contribution in [2.75, 3.05) is 39.3 Å². The summed E-state index contributed by atoms with van der Waals surface area (Å²) in [5, 5.41) is 8.93. The van der Waals surface area contributed by atoms with E-state index < -0.39 is 0 Å². The maximum Gasteiger partial charge on any atom is 0.0558 e. The largest absolute Gasteiger partial charge is 0.395 e. The van der Waals surface area contributed by atoms with Gasteiger partial charge in [0.05, 0.1) is 6.61 Å². The number of aliphatic hydroxyl groups is 1. The van der Waals surface area contributed by atoms with Crippen LogP contribution >= 0.6 is 0 Å². The molecule has 1 saturated heterocycles. The Kier molecular flexibility index (Phi) is 8.83. The van der Waals surface area contributed by atoms with Crippen molar-refractivity contribution in [2.24, 2.45) is 5.41 Å². The molecule has 0 unspecified atom stereocenters. The fourth-order valence-corrected chi connectivity index (χ4v) is 2.23. The van der Waals surface area contributed by atoms with Gasteiger partial charge in [-0.2, -0.15) is 0 Å². The molecule has 110 valence electrons. The van der Waals surface area contributed by atoms with E-state index in [9.17, 15) is 0 Å². The number of aliphatic hydroxyl groups excluding tert-OH is 1. The van der Waals surface area contributed by atoms with Gasteiger partial charge >= 0.3 is 0 Å². The Hall–Kier alpha value is -0.120. The Balaban J connectivity index is 0.00000137. The van der Waals surface area contributed by atoms with Gasteiger partial charge in [-0.3, -0.25) is 9.80 Å². The van der Waals surface area contributed by atoms with Crippen LogP contribution < -0.4 is 0 Å². The van der Waals surface area contributed by atoms with Crippen molar-refractivity contribution < 1.29 is 5.11 Å². The zero-order valence-corrected chi connectivity index (χ0v) is 13.4. The highest BCUT2D eigenvalue weighted by molar-refractivity contribution is 4.80. The van der Waals surface area contributed by atoms with E-state index >= 15 is 0 Å². The molecule has 1 fully saturated rings. The van der Waals surface area contributed by atoms with Crippen molar-refractivity contribution in [1.82, 2.24) is 9.80 Å². The van der Waals surface area contributed by atoms with E-state index in [1.54, 1.807) is 0 Å². The monoisotopic (exact) mass is 258 g/mol. The Bertz CT molecular complexity index is 201.